The van der Waals surface area contributed by atoms with Crippen molar-refractivity contribution in [2.75, 3.05) is 12.4 Å². The number of benzene rings is 2. The summed E-state index contributed by atoms with van der Waals surface area (Å²) in [6.45, 7) is 2.89. The second-order valence-corrected chi connectivity index (χ2v) is 6.26. The summed E-state index contributed by atoms with van der Waals surface area (Å²) in [5.74, 6) is 1.88. The number of para-hydroxylation sites is 1. The van der Waals surface area contributed by atoms with Crippen LogP contribution in [0.1, 0.15) is 22.7 Å². The minimum absolute atomic E-state index is 0.00793. The Hall–Kier alpha value is -1.45. The average Bonchev–Trinajstić information content (AvgIpc) is 2.93. The molecule has 1 atom stereocenters. The van der Waals surface area contributed by atoms with Gasteiger partial charge in [0.2, 0.25) is 0 Å². The van der Waals surface area contributed by atoms with E-state index in [1.54, 1.807) is 11.8 Å². The molecule has 2 aromatic carbocycles. The summed E-state index contributed by atoms with van der Waals surface area (Å²) in [7, 11) is 0. The molecule has 0 fully saturated rings. The van der Waals surface area contributed by atoms with Gasteiger partial charge in [-0.25, -0.2) is 0 Å². The van der Waals surface area contributed by atoms with Crippen molar-refractivity contribution < 1.29 is 4.74 Å². The van der Waals surface area contributed by atoms with Crippen molar-refractivity contribution in [1.82, 2.24) is 0 Å². The molecule has 0 saturated carbocycles. The second-order valence-electron chi connectivity index (χ2n) is 5.17. The zero-order valence-electron chi connectivity index (χ0n) is 11.6. The Morgan fingerprint density at radius 1 is 1.25 bits per heavy atom. The van der Waals surface area contributed by atoms with Gasteiger partial charge in [-0.15, -0.1) is 11.8 Å². The fraction of sp³-hybridized carbons (Fsp3) is 0.294. The lowest BCUT2D eigenvalue weighted by Gasteiger charge is -2.15. The lowest BCUT2D eigenvalue weighted by Crippen LogP contribution is -2.14. The molecule has 20 heavy (non-hydrogen) atoms. The molecule has 2 nitrogen and oxygen atoms in total. The maximum atomic E-state index is 6.35. The number of fused-ring (bicyclic) bond motifs is 1. The van der Waals surface area contributed by atoms with Gasteiger partial charge in [-0.3, -0.25) is 0 Å². The van der Waals surface area contributed by atoms with E-state index in [9.17, 15) is 0 Å². The van der Waals surface area contributed by atoms with Gasteiger partial charge < -0.3 is 10.5 Å². The van der Waals surface area contributed by atoms with Crippen LogP contribution < -0.4 is 10.5 Å². The third-order valence-corrected chi connectivity index (χ3v) is 4.68. The van der Waals surface area contributed by atoms with E-state index in [0.29, 0.717) is 0 Å². The van der Waals surface area contributed by atoms with Crippen molar-refractivity contribution in [2.45, 2.75) is 24.3 Å². The molecule has 3 rings (SSSR count). The quantitative estimate of drug-likeness (QED) is 0.870. The number of thioether (sulfide) groups is 1. The number of nitrogens with two attached hydrogens (primary N) is 1. The first-order valence-corrected chi connectivity index (χ1v) is 7.92. The Bertz CT molecular complexity index is 612. The van der Waals surface area contributed by atoms with E-state index in [4.69, 9.17) is 10.5 Å². The smallest absolute Gasteiger partial charge is 0.127 e. The molecule has 1 aliphatic rings. The highest BCUT2D eigenvalue weighted by molar-refractivity contribution is 7.99. The molecule has 1 heterocycles. The molecule has 0 aliphatic carbocycles. The van der Waals surface area contributed by atoms with Crippen molar-refractivity contribution in [2.24, 2.45) is 5.73 Å². The van der Waals surface area contributed by atoms with Crippen LogP contribution in [0.4, 0.5) is 0 Å². The van der Waals surface area contributed by atoms with Crippen LogP contribution in [0, 0.1) is 6.92 Å². The number of aryl methyl sites for hydroxylation is 1. The van der Waals surface area contributed by atoms with Gasteiger partial charge in [-0.2, -0.15) is 0 Å². The molecule has 1 aliphatic heterocycles. The SMILES string of the molecule is Cc1cccc(SCC(N)c2cccc3c2OCC3)c1. The van der Waals surface area contributed by atoms with Gasteiger partial charge in [-0.1, -0.05) is 35.9 Å². The van der Waals surface area contributed by atoms with E-state index in [1.807, 2.05) is 0 Å². The molecule has 3 heteroatoms. The molecular weight excluding hydrogens is 266 g/mol. The highest BCUT2D eigenvalue weighted by Crippen LogP contribution is 2.34. The van der Waals surface area contributed by atoms with E-state index in [1.165, 1.54) is 16.0 Å². The number of ether oxygens (including phenoxy) is 1. The topological polar surface area (TPSA) is 35.2 Å². The summed E-state index contributed by atoms with van der Waals surface area (Å²) < 4.78 is 5.73. The molecule has 0 bridgehead atoms. The lowest BCUT2D eigenvalue weighted by atomic mass is 10.0. The van der Waals surface area contributed by atoms with Crippen molar-refractivity contribution in [1.29, 1.82) is 0 Å². The largest absolute Gasteiger partial charge is 0.493 e. The fourth-order valence-corrected chi connectivity index (χ4v) is 3.51. The number of rotatable bonds is 4. The number of hydrogen-bond donors (Lipinski definition) is 1. The van der Waals surface area contributed by atoms with Gasteiger partial charge in [0.05, 0.1) is 6.61 Å². The van der Waals surface area contributed by atoms with E-state index < -0.39 is 0 Å². The van der Waals surface area contributed by atoms with Crippen LogP contribution in [0.15, 0.2) is 47.4 Å². The molecule has 2 aromatic rings. The van der Waals surface area contributed by atoms with Crippen LogP contribution >= 0.6 is 11.8 Å². The van der Waals surface area contributed by atoms with Crippen LogP contribution in [0.5, 0.6) is 5.75 Å². The van der Waals surface area contributed by atoms with E-state index in [0.717, 1.165) is 30.1 Å². The minimum Gasteiger partial charge on any atom is -0.493 e. The molecule has 0 radical (unpaired) electrons. The molecule has 0 amide bonds. The maximum Gasteiger partial charge on any atom is 0.127 e. The summed E-state index contributed by atoms with van der Waals surface area (Å²) in [6, 6.07) is 14.8. The normalized spacial score (nSPS) is 14.7. The minimum atomic E-state index is 0.00793. The van der Waals surface area contributed by atoms with Crippen LogP contribution in [0.2, 0.25) is 0 Å². The maximum absolute atomic E-state index is 6.35. The first-order valence-electron chi connectivity index (χ1n) is 6.93. The van der Waals surface area contributed by atoms with Crippen LogP contribution in [-0.2, 0) is 6.42 Å². The standard InChI is InChI=1S/C17H19NOS/c1-12-4-2-6-14(10-12)20-11-16(18)15-7-3-5-13-8-9-19-17(13)15/h2-7,10,16H,8-9,11,18H2,1H3. The van der Waals surface area contributed by atoms with Gasteiger partial charge in [-0.05, 0) is 24.6 Å². The van der Waals surface area contributed by atoms with Gasteiger partial charge in [0, 0.05) is 28.7 Å². The average molecular weight is 285 g/mol. The van der Waals surface area contributed by atoms with Crippen LogP contribution in [0.3, 0.4) is 0 Å². The van der Waals surface area contributed by atoms with E-state index in [2.05, 4.69) is 49.4 Å². The third-order valence-electron chi connectivity index (χ3n) is 3.56. The van der Waals surface area contributed by atoms with Gasteiger partial charge >= 0.3 is 0 Å². The van der Waals surface area contributed by atoms with Crippen molar-refractivity contribution in [3.05, 3.63) is 59.2 Å². The Morgan fingerprint density at radius 3 is 2.95 bits per heavy atom. The summed E-state index contributed by atoms with van der Waals surface area (Å²) in [5, 5.41) is 0. The molecule has 2 N–H and O–H groups in total. The Labute approximate surface area is 124 Å². The molecule has 0 saturated heterocycles. The predicted octanol–water partition coefficient (Wildman–Crippen LogP) is 3.72. The zero-order valence-corrected chi connectivity index (χ0v) is 12.5. The van der Waals surface area contributed by atoms with E-state index >= 15 is 0 Å². The third kappa shape index (κ3) is 2.84. The van der Waals surface area contributed by atoms with E-state index in [-0.39, 0.29) is 6.04 Å². The van der Waals surface area contributed by atoms with Crippen molar-refractivity contribution >= 4 is 11.8 Å². The Morgan fingerprint density at radius 2 is 2.10 bits per heavy atom. The first-order chi connectivity index (χ1) is 9.74. The fourth-order valence-electron chi connectivity index (χ4n) is 2.51. The summed E-state index contributed by atoms with van der Waals surface area (Å²) >= 11 is 1.80. The zero-order chi connectivity index (χ0) is 13.9. The van der Waals surface area contributed by atoms with Crippen LogP contribution in [0.25, 0.3) is 0 Å². The summed E-state index contributed by atoms with van der Waals surface area (Å²) in [5.41, 5.74) is 10.1. The highest BCUT2D eigenvalue weighted by atomic mass is 32.2. The van der Waals surface area contributed by atoms with Crippen molar-refractivity contribution in [3.8, 4) is 5.75 Å². The summed E-state index contributed by atoms with van der Waals surface area (Å²) in [6.07, 6.45) is 1.00. The Balaban J connectivity index is 1.71. The summed E-state index contributed by atoms with van der Waals surface area (Å²) in [4.78, 5) is 1.27. The first kappa shape index (κ1) is 13.5. The highest BCUT2D eigenvalue weighted by Gasteiger charge is 2.19. The second kappa shape index (κ2) is 5.90. The predicted molar refractivity (Wildman–Crippen MR) is 84.5 cm³/mol. The van der Waals surface area contributed by atoms with Gasteiger partial charge in [0.1, 0.15) is 5.75 Å². The monoisotopic (exact) mass is 285 g/mol. The van der Waals surface area contributed by atoms with Crippen LogP contribution in [-0.4, -0.2) is 12.4 Å². The van der Waals surface area contributed by atoms with Gasteiger partial charge in [0.15, 0.2) is 0 Å². The van der Waals surface area contributed by atoms with Crippen molar-refractivity contribution in [3.63, 3.8) is 0 Å². The molecule has 104 valence electrons. The Kier molecular flexibility index (Phi) is 3.99. The molecule has 0 aromatic heterocycles. The molecular formula is C17H19NOS. The number of hydrogen-bond acceptors (Lipinski definition) is 3. The molecule has 0 spiro atoms. The lowest BCUT2D eigenvalue weighted by molar-refractivity contribution is 0.352. The molecule has 1 unspecified atom stereocenters. The van der Waals surface area contributed by atoms with Gasteiger partial charge in [0.25, 0.3) is 0 Å².